The van der Waals surface area contributed by atoms with Crippen molar-refractivity contribution in [1.82, 2.24) is 10.2 Å². The number of carbonyl (C=O) groups is 2. The van der Waals surface area contributed by atoms with E-state index in [2.05, 4.69) is 42.0 Å². The molecule has 1 unspecified atom stereocenters. The highest BCUT2D eigenvalue weighted by Gasteiger charge is 2.31. The largest absolute Gasteiger partial charge is 0.483 e. The standard InChI is InChI=1S/C29H39BrN2O3/c1-6-25(28(34)31-23-13-9-10-14-23)32(18-21-12-8-7-11-20(21)2)27(33)19-35-26-16-15-22(17-24(26)30)29(3,4)5/h7-8,11-12,15-17,23,25H,6,9-10,13-14,18-19H2,1-5H3,(H,31,34). The fourth-order valence-corrected chi connectivity index (χ4v) is 5.06. The topological polar surface area (TPSA) is 58.6 Å². The van der Waals surface area contributed by atoms with Crippen LogP contribution in [-0.2, 0) is 21.5 Å². The highest BCUT2D eigenvalue weighted by Crippen LogP contribution is 2.31. The van der Waals surface area contributed by atoms with Crippen molar-refractivity contribution in [1.29, 1.82) is 0 Å². The summed E-state index contributed by atoms with van der Waals surface area (Å²) in [5.74, 6) is 0.344. The summed E-state index contributed by atoms with van der Waals surface area (Å²) in [4.78, 5) is 28.5. The summed E-state index contributed by atoms with van der Waals surface area (Å²) < 4.78 is 6.77. The van der Waals surface area contributed by atoms with Crippen LogP contribution < -0.4 is 10.1 Å². The number of hydrogen-bond donors (Lipinski definition) is 1. The second kappa shape index (κ2) is 12.1. The Kier molecular flexibility index (Phi) is 9.40. The Morgan fingerprint density at radius 1 is 1.14 bits per heavy atom. The molecule has 0 aromatic heterocycles. The summed E-state index contributed by atoms with van der Waals surface area (Å²) in [5, 5.41) is 3.19. The van der Waals surface area contributed by atoms with Crippen LogP contribution >= 0.6 is 15.9 Å². The number of nitrogens with zero attached hydrogens (tertiary/aromatic N) is 1. The van der Waals surface area contributed by atoms with Crippen molar-refractivity contribution < 1.29 is 14.3 Å². The quantitative estimate of drug-likeness (QED) is 0.404. The Morgan fingerprint density at radius 2 is 1.83 bits per heavy atom. The monoisotopic (exact) mass is 542 g/mol. The molecule has 3 rings (SSSR count). The molecular weight excluding hydrogens is 504 g/mol. The molecule has 2 aromatic rings. The molecule has 190 valence electrons. The molecule has 0 radical (unpaired) electrons. The fraction of sp³-hybridized carbons (Fsp3) is 0.517. The van der Waals surface area contributed by atoms with Crippen LogP contribution in [0.25, 0.3) is 0 Å². The predicted molar refractivity (Wildman–Crippen MR) is 145 cm³/mol. The molecule has 0 saturated heterocycles. The summed E-state index contributed by atoms with van der Waals surface area (Å²) in [6.45, 7) is 10.7. The highest BCUT2D eigenvalue weighted by atomic mass is 79.9. The van der Waals surface area contributed by atoms with Crippen LogP contribution in [0.15, 0.2) is 46.9 Å². The third-order valence-electron chi connectivity index (χ3n) is 6.84. The molecule has 1 aliphatic carbocycles. The van der Waals surface area contributed by atoms with Crippen LogP contribution in [0.1, 0.15) is 76.5 Å². The first kappa shape index (κ1) is 27.3. The maximum absolute atomic E-state index is 13.5. The lowest BCUT2D eigenvalue weighted by Gasteiger charge is -2.32. The molecule has 1 saturated carbocycles. The molecule has 0 bridgehead atoms. The second-order valence-electron chi connectivity index (χ2n) is 10.5. The number of hydrogen-bond acceptors (Lipinski definition) is 3. The molecule has 1 fully saturated rings. The zero-order chi connectivity index (χ0) is 25.6. The van der Waals surface area contributed by atoms with Gasteiger partial charge in [-0.3, -0.25) is 9.59 Å². The third kappa shape index (κ3) is 7.33. The molecule has 0 spiro atoms. The van der Waals surface area contributed by atoms with E-state index in [0.29, 0.717) is 18.7 Å². The van der Waals surface area contributed by atoms with Crippen LogP contribution in [0.5, 0.6) is 5.75 Å². The van der Waals surface area contributed by atoms with Gasteiger partial charge in [-0.15, -0.1) is 0 Å². The first-order valence-corrected chi connectivity index (χ1v) is 13.5. The van der Waals surface area contributed by atoms with Gasteiger partial charge in [0.15, 0.2) is 6.61 Å². The van der Waals surface area contributed by atoms with Crippen LogP contribution in [0.2, 0.25) is 0 Å². The van der Waals surface area contributed by atoms with Gasteiger partial charge in [-0.05, 0) is 76.4 Å². The van der Waals surface area contributed by atoms with E-state index in [9.17, 15) is 9.59 Å². The van der Waals surface area contributed by atoms with E-state index in [1.165, 1.54) is 5.56 Å². The first-order valence-electron chi connectivity index (χ1n) is 12.7. The molecule has 1 N–H and O–H groups in total. The zero-order valence-corrected chi connectivity index (χ0v) is 23.3. The van der Waals surface area contributed by atoms with Crippen LogP contribution in [0.4, 0.5) is 0 Å². The summed E-state index contributed by atoms with van der Waals surface area (Å²) in [6, 6.07) is 13.6. The number of carbonyl (C=O) groups excluding carboxylic acids is 2. The summed E-state index contributed by atoms with van der Waals surface area (Å²) in [7, 11) is 0. The van der Waals surface area contributed by atoms with Crippen LogP contribution in [0.3, 0.4) is 0 Å². The molecule has 5 nitrogen and oxygen atoms in total. The summed E-state index contributed by atoms with van der Waals surface area (Å²) in [5.41, 5.74) is 3.32. The molecule has 2 aromatic carbocycles. The molecule has 2 amide bonds. The number of halogens is 1. The van der Waals surface area contributed by atoms with Crippen LogP contribution in [-0.4, -0.2) is 35.4 Å². The highest BCUT2D eigenvalue weighted by molar-refractivity contribution is 9.10. The SMILES string of the molecule is CCC(C(=O)NC1CCCC1)N(Cc1ccccc1C)C(=O)COc1ccc(C(C)(C)C)cc1Br. The molecule has 0 heterocycles. The van der Waals surface area contributed by atoms with Gasteiger partial charge in [0.1, 0.15) is 11.8 Å². The van der Waals surface area contributed by atoms with Crippen molar-refractivity contribution in [2.24, 2.45) is 0 Å². The number of nitrogens with one attached hydrogen (secondary N) is 1. The third-order valence-corrected chi connectivity index (χ3v) is 7.46. The maximum Gasteiger partial charge on any atom is 0.261 e. The minimum atomic E-state index is -0.544. The average Bonchev–Trinajstić information content (AvgIpc) is 3.31. The van der Waals surface area contributed by atoms with E-state index >= 15 is 0 Å². The lowest BCUT2D eigenvalue weighted by Crippen LogP contribution is -2.52. The van der Waals surface area contributed by atoms with Gasteiger partial charge in [-0.25, -0.2) is 0 Å². The first-order chi connectivity index (χ1) is 16.6. The Bertz CT molecular complexity index is 1020. The van der Waals surface area contributed by atoms with Crippen molar-refractivity contribution in [3.8, 4) is 5.75 Å². The van der Waals surface area contributed by atoms with E-state index in [0.717, 1.165) is 41.3 Å². The van der Waals surface area contributed by atoms with Crippen LogP contribution in [0, 0.1) is 6.92 Å². The van der Waals surface area contributed by atoms with Gasteiger partial charge in [0, 0.05) is 12.6 Å². The lowest BCUT2D eigenvalue weighted by molar-refractivity contribution is -0.143. The minimum Gasteiger partial charge on any atom is -0.483 e. The Hall–Kier alpha value is -2.34. The van der Waals surface area contributed by atoms with Gasteiger partial charge in [-0.2, -0.15) is 0 Å². The summed E-state index contributed by atoms with van der Waals surface area (Å²) >= 11 is 3.59. The van der Waals surface area contributed by atoms with E-state index in [1.807, 2.05) is 56.3 Å². The van der Waals surface area contributed by atoms with Gasteiger partial charge in [-0.1, -0.05) is 70.9 Å². The minimum absolute atomic E-state index is 0.0161. The molecular formula is C29H39BrN2O3. The number of aryl methyl sites for hydroxylation is 1. The number of amides is 2. The van der Waals surface area contributed by atoms with Crippen molar-refractivity contribution in [3.63, 3.8) is 0 Å². The number of benzene rings is 2. The fourth-order valence-electron chi connectivity index (χ4n) is 4.56. The lowest BCUT2D eigenvalue weighted by atomic mass is 9.87. The van der Waals surface area contributed by atoms with Gasteiger partial charge < -0.3 is 15.0 Å². The van der Waals surface area contributed by atoms with E-state index in [4.69, 9.17) is 4.74 Å². The Labute approximate surface area is 218 Å². The molecule has 1 atom stereocenters. The van der Waals surface area contributed by atoms with Gasteiger partial charge >= 0.3 is 0 Å². The average molecular weight is 544 g/mol. The normalized spacial score (nSPS) is 15.0. The van der Waals surface area contributed by atoms with E-state index < -0.39 is 6.04 Å². The van der Waals surface area contributed by atoms with Crippen molar-refractivity contribution in [2.45, 2.75) is 90.8 Å². The predicted octanol–water partition coefficient (Wildman–Crippen LogP) is 6.30. The van der Waals surface area contributed by atoms with Crippen molar-refractivity contribution >= 4 is 27.7 Å². The molecule has 1 aliphatic rings. The number of ether oxygens (including phenoxy) is 1. The number of rotatable bonds is 9. The molecule has 0 aliphatic heterocycles. The van der Waals surface area contributed by atoms with Crippen molar-refractivity contribution in [3.05, 3.63) is 63.6 Å². The van der Waals surface area contributed by atoms with Crippen molar-refractivity contribution in [2.75, 3.05) is 6.61 Å². The Balaban J connectivity index is 1.78. The van der Waals surface area contributed by atoms with Gasteiger partial charge in [0.2, 0.25) is 5.91 Å². The zero-order valence-electron chi connectivity index (χ0n) is 21.7. The maximum atomic E-state index is 13.5. The summed E-state index contributed by atoms with van der Waals surface area (Å²) in [6.07, 6.45) is 4.85. The van der Waals surface area contributed by atoms with Gasteiger partial charge in [0.05, 0.1) is 4.47 Å². The van der Waals surface area contributed by atoms with E-state index in [-0.39, 0.29) is 29.9 Å². The molecule has 35 heavy (non-hydrogen) atoms. The second-order valence-corrected chi connectivity index (χ2v) is 11.4. The molecule has 6 heteroatoms. The van der Waals surface area contributed by atoms with E-state index in [1.54, 1.807) is 4.90 Å². The smallest absolute Gasteiger partial charge is 0.261 e. The Morgan fingerprint density at radius 3 is 2.43 bits per heavy atom. The van der Waals surface area contributed by atoms with Gasteiger partial charge in [0.25, 0.3) is 5.91 Å².